The van der Waals surface area contributed by atoms with E-state index >= 15 is 0 Å². The van der Waals surface area contributed by atoms with E-state index in [9.17, 15) is 0 Å². The van der Waals surface area contributed by atoms with E-state index in [1.807, 2.05) is 0 Å². The van der Waals surface area contributed by atoms with Crippen LogP contribution >= 0.6 is 0 Å². The Morgan fingerprint density at radius 1 is 1.25 bits per heavy atom. The molecule has 1 aromatic carbocycles. The molecule has 0 saturated carbocycles. The number of nitrogens with zero attached hydrogens (tertiary/aromatic N) is 2. The third-order valence-corrected chi connectivity index (χ3v) is 5.14. The minimum Gasteiger partial charge on any atom is -0.362 e. The van der Waals surface area contributed by atoms with E-state index in [0.717, 1.165) is 29.2 Å². The average Bonchev–Trinajstić information content (AvgIpc) is 2.88. The van der Waals surface area contributed by atoms with Gasteiger partial charge in [-0.25, -0.2) is 0 Å². The standard InChI is InChI=1S/C16H21N3O/c1-10-3-4-13-15(11(10)2)20-18-16(13)17-14-9-19-7-5-12(14)6-8-19/h3-4,12,14H,5-9H2,1-2H3,(H,17,18). The molecule has 4 nitrogen and oxygen atoms in total. The number of piperidine rings is 3. The summed E-state index contributed by atoms with van der Waals surface area (Å²) in [5, 5.41) is 9.02. The SMILES string of the molecule is Cc1ccc2c(NC3CN4CCC3CC4)noc2c1C. The Labute approximate surface area is 119 Å². The molecule has 1 aromatic heterocycles. The van der Waals surface area contributed by atoms with Gasteiger partial charge in [0.2, 0.25) is 0 Å². The molecule has 4 heteroatoms. The Hall–Kier alpha value is -1.55. The lowest BCUT2D eigenvalue weighted by Crippen LogP contribution is -2.53. The summed E-state index contributed by atoms with van der Waals surface area (Å²) in [6.07, 6.45) is 2.62. The number of anilines is 1. The molecule has 4 heterocycles. The Morgan fingerprint density at radius 2 is 2.05 bits per heavy atom. The maximum absolute atomic E-state index is 5.56. The third kappa shape index (κ3) is 1.82. The van der Waals surface area contributed by atoms with Crippen LogP contribution in [-0.4, -0.2) is 35.7 Å². The zero-order chi connectivity index (χ0) is 13.7. The van der Waals surface area contributed by atoms with E-state index in [-0.39, 0.29) is 0 Å². The lowest BCUT2D eigenvalue weighted by atomic mass is 9.84. The fourth-order valence-electron chi connectivity index (χ4n) is 3.64. The van der Waals surface area contributed by atoms with Gasteiger partial charge in [-0.15, -0.1) is 0 Å². The third-order valence-electron chi connectivity index (χ3n) is 5.14. The molecule has 2 bridgehead atoms. The van der Waals surface area contributed by atoms with Crippen molar-refractivity contribution in [3.05, 3.63) is 23.3 Å². The summed E-state index contributed by atoms with van der Waals surface area (Å²) in [7, 11) is 0. The van der Waals surface area contributed by atoms with E-state index in [0.29, 0.717) is 6.04 Å². The van der Waals surface area contributed by atoms with Crippen molar-refractivity contribution in [3.8, 4) is 0 Å². The van der Waals surface area contributed by atoms with E-state index < -0.39 is 0 Å². The first-order valence-corrected chi connectivity index (χ1v) is 7.57. The van der Waals surface area contributed by atoms with Gasteiger partial charge in [0.15, 0.2) is 11.4 Å². The number of fused-ring (bicyclic) bond motifs is 4. The molecule has 3 aliphatic heterocycles. The van der Waals surface area contributed by atoms with E-state index in [4.69, 9.17) is 4.52 Å². The van der Waals surface area contributed by atoms with Gasteiger partial charge in [-0.3, -0.25) is 0 Å². The fourth-order valence-corrected chi connectivity index (χ4v) is 3.64. The highest BCUT2D eigenvalue weighted by Gasteiger charge is 2.34. The first-order chi connectivity index (χ1) is 9.72. The van der Waals surface area contributed by atoms with Gasteiger partial charge in [-0.2, -0.15) is 0 Å². The van der Waals surface area contributed by atoms with Crippen molar-refractivity contribution in [2.45, 2.75) is 32.7 Å². The number of hydrogen-bond acceptors (Lipinski definition) is 4. The summed E-state index contributed by atoms with van der Waals surface area (Å²) in [6.45, 7) is 7.88. The largest absolute Gasteiger partial charge is 0.362 e. The van der Waals surface area contributed by atoms with Gasteiger partial charge < -0.3 is 14.7 Å². The van der Waals surface area contributed by atoms with Crippen LogP contribution in [0, 0.1) is 19.8 Å². The predicted octanol–water partition coefficient (Wildman–Crippen LogP) is 2.95. The molecule has 0 aliphatic carbocycles. The smallest absolute Gasteiger partial charge is 0.177 e. The summed E-state index contributed by atoms with van der Waals surface area (Å²) >= 11 is 0. The zero-order valence-corrected chi connectivity index (χ0v) is 12.1. The van der Waals surface area contributed by atoms with Gasteiger partial charge in [-0.1, -0.05) is 11.2 Å². The molecule has 2 aromatic rings. The summed E-state index contributed by atoms with van der Waals surface area (Å²) in [5.74, 6) is 1.71. The molecule has 1 N–H and O–H groups in total. The van der Waals surface area contributed by atoms with E-state index in [2.05, 4.69) is 41.4 Å². The average molecular weight is 271 g/mol. The van der Waals surface area contributed by atoms with E-state index in [1.165, 1.54) is 37.1 Å². The Bertz CT molecular complexity index is 640. The molecule has 20 heavy (non-hydrogen) atoms. The number of rotatable bonds is 2. The van der Waals surface area contributed by atoms with Gasteiger partial charge in [0, 0.05) is 12.6 Å². The summed E-state index contributed by atoms with van der Waals surface area (Å²) in [5.41, 5.74) is 3.37. The number of hydrogen-bond donors (Lipinski definition) is 1. The van der Waals surface area contributed by atoms with Gasteiger partial charge in [-0.05, 0) is 62.9 Å². The van der Waals surface area contributed by atoms with Crippen LogP contribution in [0.5, 0.6) is 0 Å². The molecule has 1 unspecified atom stereocenters. The highest BCUT2D eigenvalue weighted by molar-refractivity contribution is 5.90. The highest BCUT2D eigenvalue weighted by Crippen LogP contribution is 2.32. The van der Waals surface area contributed by atoms with Crippen LogP contribution in [0.3, 0.4) is 0 Å². The first-order valence-electron chi connectivity index (χ1n) is 7.57. The second kappa shape index (κ2) is 4.48. The molecule has 106 valence electrons. The van der Waals surface area contributed by atoms with E-state index in [1.54, 1.807) is 0 Å². The van der Waals surface area contributed by atoms with Crippen molar-refractivity contribution in [1.29, 1.82) is 0 Å². The maximum atomic E-state index is 5.56. The lowest BCUT2D eigenvalue weighted by molar-refractivity contribution is 0.0973. The van der Waals surface area contributed by atoms with Crippen LogP contribution < -0.4 is 5.32 Å². The van der Waals surface area contributed by atoms with Gasteiger partial charge >= 0.3 is 0 Å². The number of aromatic nitrogens is 1. The Balaban J connectivity index is 1.65. The molecule has 0 amide bonds. The number of benzene rings is 1. The van der Waals surface area contributed by atoms with Crippen molar-refractivity contribution in [2.75, 3.05) is 25.0 Å². The highest BCUT2D eigenvalue weighted by atomic mass is 16.5. The van der Waals surface area contributed by atoms with Crippen molar-refractivity contribution in [3.63, 3.8) is 0 Å². The minimum absolute atomic E-state index is 0.521. The Morgan fingerprint density at radius 3 is 2.75 bits per heavy atom. The monoisotopic (exact) mass is 271 g/mol. The van der Waals surface area contributed by atoms with Gasteiger partial charge in [0.25, 0.3) is 0 Å². The van der Waals surface area contributed by atoms with Gasteiger partial charge in [0.1, 0.15) is 0 Å². The molecule has 1 atom stereocenters. The normalized spacial score (nSPS) is 29.0. The lowest BCUT2D eigenvalue weighted by Gasteiger charge is -2.44. The molecule has 3 saturated heterocycles. The summed E-state index contributed by atoms with van der Waals surface area (Å²) in [6, 6.07) is 4.79. The quantitative estimate of drug-likeness (QED) is 0.911. The zero-order valence-electron chi connectivity index (χ0n) is 12.1. The van der Waals surface area contributed by atoms with Crippen LogP contribution in [0.1, 0.15) is 24.0 Å². The van der Waals surface area contributed by atoms with Crippen LogP contribution in [0.15, 0.2) is 16.7 Å². The van der Waals surface area contributed by atoms with Crippen molar-refractivity contribution < 1.29 is 4.52 Å². The predicted molar refractivity (Wildman–Crippen MR) is 80.1 cm³/mol. The molecular formula is C16H21N3O. The second-order valence-electron chi connectivity index (χ2n) is 6.30. The molecule has 3 aliphatic rings. The van der Waals surface area contributed by atoms with Crippen molar-refractivity contribution in [2.24, 2.45) is 5.92 Å². The van der Waals surface area contributed by atoms with Crippen LogP contribution in [0.25, 0.3) is 11.0 Å². The van der Waals surface area contributed by atoms with Crippen LogP contribution in [0.2, 0.25) is 0 Å². The fraction of sp³-hybridized carbons (Fsp3) is 0.562. The van der Waals surface area contributed by atoms with Crippen molar-refractivity contribution in [1.82, 2.24) is 10.1 Å². The number of nitrogens with one attached hydrogen (secondary N) is 1. The van der Waals surface area contributed by atoms with Crippen molar-refractivity contribution >= 4 is 16.8 Å². The first kappa shape index (κ1) is 12.2. The van der Waals surface area contributed by atoms with Crippen LogP contribution in [0.4, 0.5) is 5.82 Å². The molecule has 5 rings (SSSR count). The molecule has 0 spiro atoms. The maximum Gasteiger partial charge on any atom is 0.177 e. The topological polar surface area (TPSA) is 41.3 Å². The Kier molecular flexibility index (Phi) is 2.74. The molecule has 0 radical (unpaired) electrons. The summed E-state index contributed by atoms with van der Waals surface area (Å²) in [4.78, 5) is 2.55. The van der Waals surface area contributed by atoms with Crippen LogP contribution in [-0.2, 0) is 0 Å². The molecular weight excluding hydrogens is 250 g/mol. The summed E-state index contributed by atoms with van der Waals surface area (Å²) < 4.78 is 5.56. The second-order valence-corrected chi connectivity index (χ2v) is 6.30. The van der Waals surface area contributed by atoms with Gasteiger partial charge in [0.05, 0.1) is 5.39 Å². The minimum atomic E-state index is 0.521. The molecule has 3 fully saturated rings. The number of aryl methyl sites for hydroxylation is 2.